The highest BCUT2D eigenvalue weighted by Crippen LogP contribution is 2.32. The van der Waals surface area contributed by atoms with Gasteiger partial charge in [0.05, 0.1) is 32.2 Å². The van der Waals surface area contributed by atoms with Crippen LogP contribution in [0.4, 0.5) is 11.4 Å². The lowest BCUT2D eigenvalue weighted by Gasteiger charge is -2.09. The van der Waals surface area contributed by atoms with Crippen molar-refractivity contribution >= 4 is 49.8 Å². The number of nitrogens with zero attached hydrogens (tertiary/aromatic N) is 3. The van der Waals surface area contributed by atoms with Crippen molar-refractivity contribution in [3.05, 3.63) is 89.3 Å². The highest BCUT2D eigenvalue weighted by molar-refractivity contribution is 7.90. The number of carbonyl (C=O) groups is 1. The molecule has 1 amide bonds. The third kappa shape index (κ3) is 5.02. The number of anilines is 2. The van der Waals surface area contributed by atoms with Gasteiger partial charge < -0.3 is 11.1 Å². The molecule has 0 radical (unpaired) electrons. The van der Waals surface area contributed by atoms with Gasteiger partial charge in [0.2, 0.25) is 0 Å². The first kappa shape index (κ1) is 23.0. The molecule has 0 aliphatic heterocycles. The molecule has 0 atom stereocenters. The zero-order valence-electron chi connectivity index (χ0n) is 18.2. The Labute approximate surface area is 209 Å². The van der Waals surface area contributed by atoms with E-state index in [9.17, 15) is 13.2 Å². The molecule has 176 valence electrons. The van der Waals surface area contributed by atoms with Crippen molar-refractivity contribution in [1.82, 2.24) is 15.0 Å². The Balaban J connectivity index is 1.31. The van der Waals surface area contributed by atoms with Crippen molar-refractivity contribution in [3.63, 3.8) is 0 Å². The Morgan fingerprint density at radius 1 is 1.00 bits per heavy atom. The molecule has 2 aromatic carbocycles. The largest absolute Gasteiger partial charge is 0.397 e. The van der Waals surface area contributed by atoms with Crippen LogP contribution in [0.15, 0.2) is 89.3 Å². The predicted octanol–water partition coefficient (Wildman–Crippen LogP) is 5.00. The van der Waals surface area contributed by atoms with Gasteiger partial charge in [0.1, 0.15) is 11.6 Å². The molecule has 8 nitrogen and oxygen atoms in total. The minimum atomic E-state index is -3.56. The first-order valence-electron chi connectivity index (χ1n) is 10.4. The van der Waals surface area contributed by atoms with Crippen molar-refractivity contribution in [2.45, 2.75) is 10.8 Å². The maximum Gasteiger partial charge on any atom is 0.265 e. The second-order valence-electron chi connectivity index (χ2n) is 7.60. The van der Waals surface area contributed by atoms with Crippen LogP contribution in [-0.4, -0.2) is 29.3 Å². The molecule has 0 spiro atoms. The molecule has 0 saturated heterocycles. The highest BCUT2D eigenvalue weighted by Gasteiger charge is 2.18. The van der Waals surface area contributed by atoms with Gasteiger partial charge in [-0.05, 0) is 53.4 Å². The van der Waals surface area contributed by atoms with E-state index in [2.05, 4.69) is 15.6 Å². The number of carbonyl (C=O) groups excluding carboxylic acids is 1. The number of thiophene rings is 2. The minimum Gasteiger partial charge on any atom is -0.397 e. The van der Waals surface area contributed by atoms with Crippen molar-refractivity contribution in [1.29, 1.82) is 0 Å². The molecule has 5 rings (SSSR count). The maximum atomic E-state index is 12.9. The highest BCUT2D eigenvalue weighted by atomic mass is 32.2. The zero-order chi connectivity index (χ0) is 24.4. The van der Waals surface area contributed by atoms with Crippen molar-refractivity contribution < 1.29 is 13.2 Å². The molecule has 11 heteroatoms. The fourth-order valence-corrected chi connectivity index (χ4v) is 6.16. The van der Waals surface area contributed by atoms with Crippen LogP contribution >= 0.6 is 22.7 Å². The lowest BCUT2D eigenvalue weighted by atomic mass is 10.1. The Morgan fingerprint density at radius 3 is 2.60 bits per heavy atom. The normalized spacial score (nSPS) is 11.4. The van der Waals surface area contributed by atoms with Gasteiger partial charge in [0, 0.05) is 4.88 Å². The van der Waals surface area contributed by atoms with Crippen LogP contribution in [0.25, 0.3) is 21.0 Å². The van der Waals surface area contributed by atoms with Crippen LogP contribution in [0, 0.1) is 0 Å². The van der Waals surface area contributed by atoms with E-state index in [-0.39, 0.29) is 16.7 Å². The number of amides is 1. The van der Waals surface area contributed by atoms with Gasteiger partial charge >= 0.3 is 0 Å². The number of nitrogen functional groups attached to an aromatic ring is 1. The number of benzene rings is 2. The van der Waals surface area contributed by atoms with E-state index in [0.717, 1.165) is 10.4 Å². The fourth-order valence-electron chi connectivity index (χ4n) is 3.39. The molecule has 0 unspecified atom stereocenters. The van der Waals surface area contributed by atoms with Gasteiger partial charge in [0.15, 0.2) is 9.84 Å². The summed E-state index contributed by atoms with van der Waals surface area (Å²) in [7, 11) is -3.56. The van der Waals surface area contributed by atoms with E-state index in [1.54, 1.807) is 66.1 Å². The zero-order valence-corrected chi connectivity index (χ0v) is 20.6. The predicted molar refractivity (Wildman–Crippen MR) is 139 cm³/mol. The first-order chi connectivity index (χ1) is 16.9. The second kappa shape index (κ2) is 9.45. The van der Waals surface area contributed by atoms with Gasteiger partial charge in [-0.3, -0.25) is 4.79 Å². The molecular formula is C24H19N5O3S3. The van der Waals surface area contributed by atoms with Crippen molar-refractivity contribution in [3.8, 4) is 21.0 Å². The summed E-state index contributed by atoms with van der Waals surface area (Å²) >= 11 is 2.84. The Hall–Kier alpha value is -3.80. The monoisotopic (exact) mass is 521 g/mol. The number of nitrogens with two attached hydrogens (primary N) is 1. The van der Waals surface area contributed by atoms with E-state index in [0.29, 0.717) is 26.8 Å². The summed E-state index contributed by atoms with van der Waals surface area (Å²) in [6, 6.07) is 21.1. The molecule has 0 aliphatic carbocycles. The number of nitrogens with one attached hydrogen (secondary N) is 1. The summed E-state index contributed by atoms with van der Waals surface area (Å²) in [5.74, 6) is -0.627. The first-order valence-corrected chi connectivity index (χ1v) is 13.8. The van der Waals surface area contributed by atoms with Crippen LogP contribution < -0.4 is 11.1 Å². The van der Waals surface area contributed by atoms with E-state index in [4.69, 9.17) is 5.73 Å². The Kier molecular flexibility index (Phi) is 6.20. The molecule has 3 N–H and O–H groups in total. The van der Waals surface area contributed by atoms with Crippen molar-refractivity contribution in [2.24, 2.45) is 0 Å². The summed E-state index contributed by atoms with van der Waals surface area (Å²) in [5, 5.41) is 12.9. The van der Waals surface area contributed by atoms with E-state index in [1.165, 1.54) is 16.0 Å². The average molecular weight is 522 g/mol. The number of hydrogen-bond acceptors (Lipinski definition) is 8. The summed E-state index contributed by atoms with van der Waals surface area (Å²) < 4.78 is 26.5. The maximum absolute atomic E-state index is 12.9. The van der Waals surface area contributed by atoms with E-state index < -0.39 is 9.84 Å². The molecular weight excluding hydrogens is 502 g/mol. The minimum absolute atomic E-state index is 0.217. The summed E-state index contributed by atoms with van der Waals surface area (Å²) in [4.78, 5) is 15.3. The molecule has 3 heterocycles. The van der Waals surface area contributed by atoms with E-state index in [1.807, 2.05) is 29.6 Å². The van der Waals surface area contributed by atoms with Gasteiger partial charge in [-0.2, -0.15) is 0 Å². The van der Waals surface area contributed by atoms with Gasteiger partial charge in [-0.25, -0.2) is 13.1 Å². The smallest absolute Gasteiger partial charge is 0.265 e. The summed E-state index contributed by atoms with van der Waals surface area (Å²) in [5.41, 5.74) is 8.54. The standard InChI is InChI=1S/C24H19N5O3S3/c25-18-9-8-16(21-7-4-12-33-21)13-19(18)26-24(30)23-11-10-22(34-23)20-14-29(28-27-20)15-35(31,32)17-5-2-1-3-6-17/h1-14H,15,25H2,(H,26,30). The van der Waals surface area contributed by atoms with Crippen LogP contribution in [0.1, 0.15) is 9.67 Å². The molecule has 0 aliphatic rings. The quantitative estimate of drug-likeness (QED) is 0.291. The Bertz CT molecular complexity index is 1590. The molecule has 5 aromatic rings. The summed E-state index contributed by atoms with van der Waals surface area (Å²) in [6.07, 6.45) is 1.55. The van der Waals surface area contributed by atoms with Crippen LogP contribution in [0.2, 0.25) is 0 Å². The Morgan fingerprint density at radius 2 is 1.83 bits per heavy atom. The lowest BCUT2D eigenvalue weighted by molar-refractivity contribution is 0.103. The molecule has 0 fully saturated rings. The molecule has 0 bridgehead atoms. The van der Waals surface area contributed by atoms with Crippen molar-refractivity contribution in [2.75, 3.05) is 11.1 Å². The van der Waals surface area contributed by atoms with Crippen LogP contribution in [0.5, 0.6) is 0 Å². The van der Waals surface area contributed by atoms with Gasteiger partial charge in [-0.15, -0.1) is 27.8 Å². The SMILES string of the molecule is Nc1ccc(-c2cccs2)cc1NC(=O)c1ccc(-c2cn(CS(=O)(=O)c3ccccc3)nn2)s1. The third-order valence-corrected chi connectivity index (χ3v) is 8.75. The van der Waals surface area contributed by atoms with Crippen LogP contribution in [0.3, 0.4) is 0 Å². The lowest BCUT2D eigenvalue weighted by Crippen LogP contribution is -2.11. The number of sulfone groups is 1. The topological polar surface area (TPSA) is 120 Å². The van der Waals surface area contributed by atoms with Crippen LogP contribution in [-0.2, 0) is 15.7 Å². The van der Waals surface area contributed by atoms with Gasteiger partial charge in [0.25, 0.3) is 5.91 Å². The number of hydrogen-bond donors (Lipinski definition) is 2. The van der Waals surface area contributed by atoms with Gasteiger partial charge in [-0.1, -0.05) is 35.5 Å². The third-order valence-electron chi connectivity index (χ3n) is 5.13. The number of rotatable bonds is 7. The second-order valence-corrected chi connectivity index (χ2v) is 11.6. The van der Waals surface area contributed by atoms with E-state index >= 15 is 0 Å². The molecule has 3 aromatic heterocycles. The number of aromatic nitrogens is 3. The average Bonchev–Trinajstić information content (AvgIpc) is 3.63. The molecule has 0 saturated carbocycles. The molecule has 35 heavy (non-hydrogen) atoms. The summed E-state index contributed by atoms with van der Waals surface area (Å²) in [6.45, 7) is 0. The fraction of sp³-hybridized carbons (Fsp3) is 0.0417.